The molecule has 0 radical (unpaired) electrons. The number of alkyl halides is 2. The quantitative estimate of drug-likeness (QED) is 0.742. The van der Waals surface area contributed by atoms with E-state index in [9.17, 15) is 13.9 Å². The van der Waals surface area contributed by atoms with Gasteiger partial charge in [0.05, 0.1) is 0 Å². The predicted octanol–water partition coefficient (Wildman–Crippen LogP) is 4.55. The first-order valence-corrected chi connectivity index (χ1v) is 6.10. The molecule has 1 N–H and O–H groups in total. The molecule has 1 heterocycles. The number of phenolic OH excluding ortho intramolecular Hbond substituents is 1. The SMILES string of the molecule is Oc1ccc2cc(-c3cncc(C(F)F)c3)ccc2c1. The first-order valence-electron chi connectivity index (χ1n) is 6.10. The van der Waals surface area contributed by atoms with Gasteiger partial charge >= 0.3 is 0 Å². The average molecular weight is 271 g/mol. The zero-order valence-corrected chi connectivity index (χ0v) is 10.4. The van der Waals surface area contributed by atoms with Crippen LogP contribution in [0, 0.1) is 0 Å². The van der Waals surface area contributed by atoms with Crippen molar-refractivity contribution in [2.45, 2.75) is 6.43 Å². The highest BCUT2D eigenvalue weighted by Gasteiger charge is 2.09. The zero-order chi connectivity index (χ0) is 14.1. The summed E-state index contributed by atoms with van der Waals surface area (Å²) in [7, 11) is 0. The molecule has 0 spiro atoms. The van der Waals surface area contributed by atoms with Crippen molar-refractivity contribution in [3.8, 4) is 16.9 Å². The molecule has 0 fully saturated rings. The Bertz CT molecular complexity index is 771. The molecule has 2 aromatic carbocycles. The summed E-state index contributed by atoms with van der Waals surface area (Å²) >= 11 is 0. The van der Waals surface area contributed by atoms with E-state index in [2.05, 4.69) is 4.98 Å². The van der Waals surface area contributed by atoms with Crippen LogP contribution in [0.5, 0.6) is 5.75 Å². The number of hydrogen-bond acceptors (Lipinski definition) is 2. The molecule has 3 rings (SSSR count). The molecule has 0 atom stereocenters. The topological polar surface area (TPSA) is 33.1 Å². The van der Waals surface area contributed by atoms with E-state index in [1.165, 1.54) is 12.3 Å². The smallest absolute Gasteiger partial charge is 0.265 e. The number of nitrogens with zero attached hydrogens (tertiary/aromatic N) is 1. The molecule has 1 aromatic heterocycles. The Kier molecular flexibility index (Phi) is 3.06. The van der Waals surface area contributed by atoms with Gasteiger partial charge in [0, 0.05) is 23.5 Å². The summed E-state index contributed by atoms with van der Waals surface area (Å²) in [6, 6.07) is 12.1. The molecule has 0 unspecified atom stereocenters. The molecule has 0 aliphatic rings. The van der Waals surface area contributed by atoms with Crippen LogP contribution in [0.1, 0.15) is 12.0 Å². The van der Waals surface area contributed by atoms with E-state index >= 15 is 0 Å². The minimum absolute atomic E-state index is 0.0895. The molecule has 0 bridgehead atoms. The number of hydrogen-bond donors (Lipinski definition) is 1. The van der Waals surface area contributed by atoms with Gasteiger partial charge in [-0.15, -0.1) is 0 Å². The number of halogens is 2. The Morgan fingerprint density at radius 3 is 2.40 bits per heavy atom. The maximum absolute atomic E-state index is 12.7. The molecule has 100 valence electrons. The summed E-state index contributed by atoms with van der Waals surface area (Å²) in [5.74, 6) is 0.201. The van der Waals surface area contributed by atoms with Crippen molar-refractivity contribution in [2.75, 3.05) is 0 Å². The minimum Gasteiger partial charge on any atom is -0.508 e. The van der Waals surface area contributed by atoms with Crippen LogP contribution < -0.4 is 0 Å². The lowest BCUT2D eigenvalue weighted by Crippen LogP contribution is -1.88. The first kappa shape index (κ1) is 12.5. The molecular weight excluding hydrogens is 260 g/mol. The largest absolute Gasteiger partial charge is 0.508 e. The third-order valence-corrected chi connectivity index (χ3v) is 3.17. The van der Waals surface area contributed by atoms with Gasteiger partial charge in [-0.25, -0.2) is 8.78 Å². The Morgan fingerprint density at radius 2 is 1.60 bits per heavy atom. The van der Waals surface area contributed by atoms with Crippen molar-refractivity contribution >= 4 is 10.8 Å². The normalized spacial score (nSPS) is 11.2. The van der Waals surface area contributed by atoms with Gasteiger partial charge < -0.3 is 5.11 Å². The average Bonchev–Trinajstić information content (AvgIpc) is 2.47. The fourth-order valence-corrected chi connectivity index (χ4v) is 2.15. The summed E-state index contributed by atoms with van der Waals surface area (Å²) < 4.78 is 25.4. The van der Waals surface area contributed by atoms with Crippen LogP contribution in [0.3, 0.4) is 0 Å². The Hall–Kier alpha value is -2.49. The minimum atomic E-state index is -2.53. The molecule has 20 heavy (non-hydrogen) atoms. The van der Waals surface area contributed by atoms with E-state index in [1.54, 1.807) is 24.4 Å². The Morgan fingerprint density at radius 1 is 0.850 bits per heavy atom. The molecule has 3 aromatic rings. The van der Waals surface area contributed by atoms with Crippen LogP contribution in [0.25, 0.3) is 21.9 Å². The lowest BCUT2D eigenvalue weighted by Gasteiger charge is -2.06. The van der Waals surface area contributed by atoms with Crippen LogP contribution in [-0.4, -0.2) is 10.1 Å². The third kappa shape index (κ3) is 2.32. The van der Waals surface area contributed by atoms with E-state index < -0.39 is 6.43 Å². The Balaban J connectivity index is 2.10. The summed E-state index contributed by atoms with van der Waals surface area (Å²) in [6.07, 6.45) is 0.209. The molecule has 4 heteroatoms. The number of fused-ring (bicyclic) bond motifs is 1. The van der Waals surface area contributed by atoms with Crippen LogP contribution in [0.2, 0.25) is 0 Å². The first-order chi connectivity index (χ1) is 9.63. The van der Waals surface area contributed by atoms with Gasteiger partial charge in [-0.2, -0.15) is 0 Å². The van der Waals surface area contributed by atoms with Crippen molar-refractivity contribution in [1.29, 1.82) is 0 Å². The number of rotatable bonds is 2. The monoisotopic (exact) mass is 271 g/mol. The molecule has 0 saturated heterocycles. The molecule has 0 aliphatic carbocycles. The zero-order valence-electron chi connectivity index (χ0n) is 10.4. The highest BCUT2D eigenvalue weighted by molar-refractivity contribution is 5.88. The van der Waals surface area contributed by atoms with Crippen LogP contribution in [0.4, 0.5) is 8.78 Å². The van der Waals surface area contributed by atoms with Crippen molar-refractivity contribution in [2.24, 2.45) is 0 Å². The predicted molar refractivity (Wildman–Crippen MR) is 73.8 cm³/mol. The summed E-state index contributed by atoms with van der Waals surface area (Å²) in [5, 5.41) is 11.2. The van der Waals surface area contributed by atoms with Crippen molar-refractivity contribution in [3.05, 3.63) is 60.4 Å². The second-order valence-electron chi connectivity index (χ2n) is 4.55. The van der Waals surface area contributed by atoms with Gasteiger partial charge in [-0.1, -0.05) is 18.2 Å². The fourth-order valence-electron chi connectivity index (χ4n) is 2.15. The van der Waals surface area contributed by atoms with Gasteiger partial charge in [0.1, 0.15) is 5.75 Å². The molecular formula is C16H11F2NO. The molecule has 0 amide bonds. The van der Waals surface area contributed by atoms with Crippen molar-refractivity contribution in [1.82, 2.24) is 4.98 Å². The summed E-state index contributed by atoms with van der Waals surface area (Å²) in [4.78, 5) is 3.86. The van der Waals surface area contributed by atoms with E-state index in [-0.39, 0.29) is 11.3 Å². The van der Waals surface area contributed by atoms with Crippen molar-refractivity contribution < 1.29 is 13.9 Å². The molecule has 2 nitrogen and oxygen atoms in total. The van der Waals surface area contributed by atoms with E-state index in [0.717, 1.165) is 16.3 Å². The Labute approximate surface area is 114 Å². The van der Waals surface area contributed by atoms with Crippen molar-refractivity contribution in [3.63, 3.8) is 0 Å². The highest BCUT2D eigenvalue weighted by atomic mass is 19.3. The van der Waals surface area contributed by atoms with Gasteiger partial charge in [-0.3, -0.25) is 4.98 Å². The third-order valence-electron chi connectivity index (χ3n) is 3.17. The van der Waals surface area contributed by atoms with Crippen LogP contribution in [0.15, 0.2) is 54.9 Å². The maximum atomic E-state index is 12.7. The number of aromatic nitrogens is 1. The maximum Gasteiger partial charge on any atom is 0.265 e. The van der Waals surface area contributed by atoms with E-state index in [4.69, 9.17) is 0 Å². The lowest BCUT2D eigenvalue weighted by atomic mass is 10.0. The van der Waals surface area contributed by atoms with Crippen LogP contribution >= 0.6 is 0 Å². The summed E-state index contributed by atoms with van der Waals surface area (Å²) in [6.45, 7) is 0. The number of benzene rings is 2. The lowest BCUT2D eigenvalue weighted by molar-refractivity contribution is 0.151. The summed E-state index contributed by atoms with van der Waals surface area (Å²) in [5.41, 5.74) is 1.38. The molecule has 0 saturated carbocycles. The number of phenols is 1. The second-order valence-corrected chi connectivity index (χ2v) is 4.55. The number of pyridine rings is 1. The van der Waals surface area contributed by atoms with Crippen LogP contribution in [-0.2, 0) is 0 Å². The number of aromatic hydroxyl groups is 1. The molecule has 0 aliphatic heterocycles. The second kappa shape index (κ2) is 4.89. The highest BCUT2D eigenvalue weighted by Crippen LogP contribution is 2.28. The van der Waals surface area contributed by atoms with Gasteiger partial charge in [0.15, 0.2) is 0 Å². The fraction of sp³-hybridized carbons (Fsp3) is 0.0625. The standard InChI is InChI=1S/C16H11F2NO/c17-16(18)14-6-13(8-19-9-14)11-1-2-12-7-15(20)4-3-10(12)5-11/h1-9,16,20H. The van der Waals surface area contributed by atoms with E-state index in [1.807, 2.05) is 18.2 Å². The van der Waals surface area contributed by atoms with Gasteiger partial charge in [-0.05, 0) is 40.6 Å². The van der Waals surface area contributed by atoms with E-state index in [0.29, 0.717) is 5.56 Å². The van der Waals surface area contributed by atoms with Gasteiger partial charge in [0.2, 0.25) is 0 Å². The van der Waals surface area contributed by atoms with Gasteiger partial charge in [0.25, 0.3) is 6.43 Å².